The van der Waals surface area contributed by atoms with Crippen molar-refractivity contribution in [1.29, 1.82) is 0 Å². The number of methoxy groups -OCH3 is 1. The highest BCUT2D eigenvalue weighted by atomic mass is 16.6. The van der Waals surface area contributed by atoms with Crippen LogP contribution in [0.1, 0.15) is 5.56 Å². The normalized spacial score (nSPS) is 10.4. The Morgan fingerprint density at radius 1 is 1.32 bits per heavy atom. The topological polar surface area (TPSA) is 123 Å². The summed E-state index contributed by atoms with van der Waals surface area (Å²) in [5.41, 5.74) is 2.09. The zero-order chi connectivity index (χ0) is 18.2. The van der Waals surface area contributed by atoms with Crippen LogP contribution in [-0.4, -0.2) is 35.9 Å². The van der Waals surface area contributed by atoms with Gasteiger partial charge in [0.05, 0.1) is 18.2 Å². The lowest BCUT2D eigenvalue weighted by Gasteiger charge is -2.09. The number of aromatic hydroxyl groups is 1. The average molecular weight is 345 g/mol. The third kappa shape index (κ3) is 4.93. The van der Waals surface area contributed by atoms with Crippen LogP contribution >= 0.6 is 0 Å². The first-order valence-corrected chi connectivity index (χ1v) is 7.06. The van der Waals surface area contributed by atoms with Gasteiger partial charge in [0.15, 0.2) is 18.1 Å². The van der Waals surface area contributed by atoms with E-state index in [1.54, 1.807) is 24.3 Å². The zero-order valence-corrected chi connectivity index (χ0v) is 13.2. The molecule has 2 aromatic rings. The molecule has 2 N–H and O–H groups in total. The molecule has 0 aromatic heterocycles. The van der Waals surface area contributed by atoms with Crippen molar-refractivity contribution >= 4 is 17.8 Å². The van der Waals surface area contributed by atoms with Crippen LogP contribution < -0.4 is 14.9 Å². The standard InChI is InChI=1S/C16H15N3O6/c1-24-14-4-2-3-5-15(14)25-10-16(21)18-17-9-11-8-12(19(22)23)6-7-13(11)20/h2-9,20H,10H2,1H3,(H,18,21). The number of para-hydroxylation sites is 2. The van der Waals surface area contributed by atoms with Crippen molar-refractivity contribution in [1.82, 2.24) is 5.43 Å². The van der Waals surface area contributed by atoms with Crippen LogP contribution in [0.4, 0.5) is 5.69 Å². The van der Waals surface area contributed by atoms with Crippen molar-refractivity contribution in [3.8, 4) is 17.2 Å². The summed E-state index contributed by atoms with van der Waals surface area (Å²) < 4.78 is 10.4. The smallest absolute Gasteiger partial charge is 0.277 e. The van der Waals surface area contributed by atoms with Crippen LogP contribution in [0.25, 0.3) is 0 Å². The number of hydrogen-bond donors (Lipinski definition) is 2. The summed E-state index contributed by atoms with van der Waals surface area (Å²) in [6.45, 7) is -0.307. The van der Waals surface area contributed by atoms with Crippen molar-refractivity contribution < 1.29 is 24.3 Å². The minimum atomic E-state index is -0.601. The minimum absolute atomic E-state index is 0.0974. The van der Waals surface area contributed by atoms with Crippen LogP contribution in [0.15, 0.2) is 47.6 Å². The van der Waals surface area contributed by atoms with Gasteiger partial charge < -0.3 is 14.6 Å². The Morgan fingerprint density at radius 3 is 2.72 bits per heavy atom. The molecule has 0 bridgehead atoms. The number of nitro groups is 1. The van der Waals surface area contributed by atoms with Gasteiger partial charge in [-0.25, -0.2) is 5.43 Å². The van der Waals surface area contributed by atoms with Gasteiger partial charge in [0, 0.05) is 17.7 Å². The van der Waals surface area contributed by atoms with Crippen molar-refractivity contribution in [3.05, 3.63) is 58.1 Å². The van der Waals surface area contributed by atoms with Crippen molar-refractivity contribution in [3.63, 3.8) is 0 Å². The molecule has 0 atom stereocenters. The van der Waals surface area contributed by atoms with E-state index in [4.69, 9.17) is 9.47 Å². The SMILES string of the molecule is COc1ccccc1OCC(=O)NN=Cc1cc([N+](=O)[O-])ccc1O. The number of phenolic OH excluding ortho intramolecular Hbond substituents is 1. The van der Waals surface area contributed by atoms with E-state index in [0.29, 0.717) is 11.5 Å². The number of phenols is 1. The molecule has 0 aliphatic rings. The number of benzene rings is 2. The van der Waals surface area contributed by atoms with E-state index in [1.165, 1.54) is 13.2 Å². The van der Waals surface area contributed by atoms with Gasteiger partial charge in [-0.1, -0.05) is 12.1 Å². The van der Waals surface area contributed by atoms with Crippen LogP contribution in [0.2, 0.25) is 0 Å². The summed E-state index contributed by atoms with van der Waals surface area (Å²) in [6.07, 6.45) is 1.10. The van der Waals surface area contributed by atoms with Crippen LogP contribution in [0.3, 0.4) is 0 Å². The number of amides is 1. The maximum atomic E-state index is 11.7. The highest BCUT2D eigenvalue weighted by Crippen LogP contribution is 2.25. The predicted octanol–water partition coefficient (Wildman–Crippen LogP) is 1.84. The number of hydrazone groups is 1. The first kappa shape index (κ1) is 17.7. The van der Waals surface area contributed by atoms with Crippen molar-refractivity contribution in [2.45, 2.75) is 0 Å². The number of nitrogens with one attached hydrogen (secondary N) is 1. The van der Waals surface area contributed by atoms with Crippen molar-refractivity contribution in [2.75, 3.05) is 13.7 Å². The molecule has 9 nitrogen and oxygen atoms in total. The third-order valence-corrected chi connectivity index (χ3v) is 3.04. The van der Waals surface area contributed by atoms with Gasteiger partial charge in [-0.15, -0.1) is 0 Å². The van der Waals surface area contributed by atoms with Crippen LogP contribution in [-0.2, 0) is 4.79 Å². The minimum Gasteiger partial charge on any atom is -0.507 e. The van der Waals surface area contributed by atoms with Crippen LogP contribution in [0.5, 0.6) is 17.2 Å². The molecule has 0 unspecified atom stereocenters. The molecule has 0 aliphatic carbocycles. The molecule has 1 amide bonds. The van der Waals surface area contributed by atoms with Gasteiger partial charge in [0.1, 0.15) is 5.75 Å². The number of nitro benzene ring substituents is 1. The fourth-order valence-corrected chi connectivity index (χ4v) is 1.85. The van der Waals surface area contributed by atoms with E-state index in [2.05, 4.69) is 10.5 Å². The quantitative estimate of drug-likeness (QED) is 0.448. The molecule has 9 heteroatoms. The lowest BCUT2D eigenvalue weighted by atomic mass is 10.2. The molecule has 0 heterocycles. The van der Waals surface area contributed by atoms with Gasteiger partial charge in [-0.2, -0.15) is 5.10 Å². The van der Waals surface area contributed by atoms with E-state index in [-0.39, 0.29) is 23.6 Å². The maximum Gasteiger partial charge on any atom is 0.277 e. The van der Waals surface area contributed by atoms with Gasteiger partial charge in [0.25, 0.3) is 11.6 Å². The Balaban J connectivity index is 1.92. The summed E-state index contributed by atoms with van der Waals surface area (Å²) in [5.74, 6) is 0.140. The fraction of sp³-hybridized carbons (Fsp3) is 0.125. The van der Waals surface area contributed by atoms with E-state index < -0.39 is 10.8 Å². The van der Waals surface area contributed by atoms with E-state index in [9.17, 15) is 20.0 Å². The Kier molecular flexibility index (Phi) is 5.88. The Labute approximate surface area is 142 Å². The average Bonchev–Trinajstić information content (AvgIpc) is 2.61. The molecular weight excluding hydrogens is 330 g/mol. The van der Waals surface area contributed by atoms with Gasteiger partial charge >= 0.3 is 0 Å². The molecule has 25 heavy (non-hydrogen) atoms. The molecule has 0 fully saturated rings. The first-order valence-electron chi connectivity index (χ1n) is 7.06. The number of hydrogen-bond acceptors (Lipinski definition) is 7. The number of rotatable bonds is 7. The third-order valence-electron chi connectivity index (χ3n) is 3.04. The molecule has 0 saturated heterocycles. The number of non-ortho nitro benzene ring substituents is 1. The molecular formula is C16H15N3O6. The second kappa shape index (κ2) is 8.29. The van der Waals surface area contributed by atoms with E-state index in [1.807, 2.05) is 0 Å². The van der Waals surface area contributed by atoms with Gasteiger partial charge in [-0.05, 0) is 18.2 Å². The number of ether oxygens (including phenoxy) is 2. The Morgan fingerprint density at radius 2 is 2.04 bits per heavy atom. The summed E-state index contributed by atoms with van der Waals surface area (Å²) >= 11 is 0. The summed E-state index contributed by atoms with van der Waals surface area (Å²) in [7, 11) is 1.48. The number of nitrogens with zero attached hydrogens (tertiary/aromatic N) is 2. The molecule has 0 saturated carbocycles. The molecule has 0 spiro atoms. The van der Waals surface area contributed by atoms with Gasteiger partial charge in [0.2, 0.25) is 0 Å². The Hall–Kier alpha value is -3.62. The fourth-order valence-electron chi connectivity index (χ4n) is 1.85. The largest absolute Gasteiger partial charge is 0.507 e. The summed E-state index contributed by atoms with van der Waals surface area (Å²) in [6, 6.07) is 10.3. The van der Waals surface area contributed by atoms with E-state index >= 15 is 0 Å². The summed E-state index contributed by atoms with van der Waals surface area (Å²) in [5, 5.41) is 24.0. The number of carbonyl (C=O) groups is 1. The highest BCUT2D eigenvalue weighted by molar-refractivity contribution is 5.86. The number of carbonyl (C=O) groups excluding carboxylic acids is 1. The predicted molar refractivity (Wildman–Crippen MR) is 89.0 cm³/mol. The molecule has 130 valence electrons. The van der Waals surface area contributed by atoms with Crippen LogP contribution in [0, 0.1) is 10.1 Å². The second-order valence-electron chi connectivity index (χ2n) is 4.73. The van der Waals surface area contributed by atoms with Crippen molar-refractivity contribution in [2.24, 2.45) is 5.10 Å². The monoisotopic (exact) mass is 345 g/mol. The lowest BCUT2D eigenvalue weighted by Crippen LogP contribution is -2.24. The molecule has 2 rings (SSSR count). The molecule has 0 radical (unpaired) electrons. The summed E-state index contributed by atoms with van der Waals surface area (Å²) in [4.78, 5) is 21.8. The Bertz CT molecular complexity index is 806. The molecule has 0 aliphatic heterocycles. The maximum absolute atomic E-state index is 11.7. The molecule has 2 aromatic carbocycles. The second-order valence-corrected chi connectivity index (χ2v) is 4.73. The lowest BCUT2D eigenvalue weighted by molar-refractivity contribution is -0.384. The van der Waals surface area contributed by atoms with Gasteiger partial charge in [-0.3, -0.25) is 14.9 Å². The first-order chi connectivity index (χ1) is 12.0. The zero-order valence-electron chi connectivity index (χ0n) is 13.2. The highest BCUT2D eigenvalue weighted by Gasteiger charge is 2.09. The van der Waals surface area contributed by atoms with E-state index in [0.717, 1.165) is 18.3 Å².